The summed E-state index contributed by atoms with van der Waals surface area (Å²) in [5, 5.41) is 9.72. The van der Waals surface area contributed by atoms with Gasteiger partial charge in [0.05, 0.1) is 5.03 Å². The summed E-state index contributed by atoms with van der Waals surface area (Å²) >= 11 is 7.89. The summed E-state index contributed by atoms with van der Waals surface area (Å²) in [6.07, 6.45) is 6.31. The Morgan fingerprint density at radius 2 is 1.73 bits per heavy atom. The van der Waals surface area contributed by atoms with Crippen molar-refractivity contribution in [1.82, 2.24) is 20.1 Å². The number of aromatic nitrogens is 3. The second-order valence-corrected chi connectivity index (χ2v) is 7.96. The van der Waals surface area contributed by atoms with E-state index in [1.54, 1.807) is 0 Å². The largest absolute Gasteiger partial charge is 0.303 e. The van der Waals surface area contributed by atoms with Crippen LogP contribution in [0.3, 0.4) is 0 Å². The van der Waals surface area contributed by atoms with Crippen molar-refractivity contribution >= 4 is 23.4 Å². The van der Waals surface area contributed by atoms with Crippen LogP contribution in [-0.4, -0.2) is 45.5 Å². The predicted molar refractivity (Wildman–Crippen MR) is 109 cm³/mol. The molecule has 0 atom stereocenters. The molecule has 4 nitrogen and oxygen atoms in total. The lowest BCUT2D eigenvalue weighted by molar-refractivity contribution is 0.362. The first kappa shape index (κ1) is 17.6. The fourth-order valence-corrected chi connectivity index (χ4v) is 4.47. The Balaban J connectivity index is 1.62. The average molecular weight is 385 g/mol. The van der Waals surface area contributed by atoms with E-state index >= 15 is 0 Å². The molecule has 26 heavy (non-hydrogen) atoms. The molecule has 134 valence electrons. The van der Waals surface area contributed by atoms with Gasteiger partial charge in [0.1, 0.15) is 5.69 Å². The topological polar surface area (TPSA) is 44.8 Å². The zero-order valence-electron chi connectivity index (χ0n) is 14.5. The predicted octanol–water partition coefficient (Wildman–Crippen LogP) is 4.98. The van der Waals surface area contributed by atoms with E-state index < -0.39 is 0 Å². The molecular formula is C20H21ClN4S. The van der Waals surface area contributed by atoms with E-state index in [2.05, 4.69) is 20.1 Å². The quantitative estimate of drug-likeness (QED) is 0.609. The average Bonchev–Trinajstić information content (AvgIpc) is 3.33. The molecule has 4 rings (SSSR count). The molecule has 1 aliphatic heterocycles. The molecule has 0 radical (unpaired) electrons. The van der Waals surface area contributed by atoms with Gasteiger partial charge in [-0.1, -0.05) is 23.7 Å². The normalized spacial score (nSPS) is 14.8. The number of pyridine rings is 1. The van der Waals surface area contributed by atoms with E-state index in [0.717, 1.165) is 44.7 Å². The number of hydrogen-bond acceptors (Lipinski definition) is 4. The van der Waals surface area contributed by atoms with Crippen LogP contribution >= 0.6 is 23.4 Å². The zero-order chi connectivity index (χ0) is 17.8. The molecule has 1 aliphatic rings. The van der Waals surface area contributed by atoms with Gasteiger partial charge in [0.2, 0.25) is 0 Å². The first-order valence-corrected chi connectivity index (χ1v) is 10.3. The van der Waals surface area contributed by atoms with Crippen molar-refractivity contribution in [2.75, 3.05) is 25.4 Å². The molecule has 0 amide bonds. The number of rotatable bonds is 6. The molecule has 0 spiro atoms. The van der Waals surface area contributed by atoms with Gasteiger partial charge in [0.25, 0.3) is 0 Å². The zero-order valence-corrected chi connectivity index (χ0v) is 16.1. The molecule has 2 aromatic heterocycles. The number of benzene rings is 1. The molecule has 3 heterocycles. The van der Waals surface area contributed by atoms with Crippen molar-refractivity contribution in [1.29, 1.82) is 0 Å². The number of thioether (sulfide) groups is 1. The van der Waals surface area contributed by atoms with E-state index in [1.165, 1.54) is 25.9 Å². The van der Waals surface area contributed by atoms with E-state index in [-0.39, 0.29) is 0 Å². The van der Waals surface area contributed by atoms with Gasteiger partial charge in [-0.25, -0.2) is 0 Å². The Morgan fingerprint density at radius 3 is 2.46 bits per heavy atom. The summed E-state index contributed by atoms with van der Waals surface area (Å²) in [4.78, 5) is 6.69. The number of likely N-dealkylation sites (tertiary alicyclic amines) is 1. The first-order chi connectivity index (χ1) is 12.8. The van der Waals surface area contributed by atoms with Gasteiger partial charge in [-0.05, 0) is 55.8 Å². The fraction of sp³-hybridized carbons (Fsp3) is 0.300. The van der Waals surface area contributed by atoms with Crippen LogP contribution in [0, 0.1) is 0 Å². The van der Waals surface area contributed by atoms with Crippen molar-refractivity contribution in [2.45, 2.75) is 17.9 Å². The van der Waals surface area contributed by atoms with Crippen molar-refractivity contribution in [2.24, 2.45) is 0 Å². The van der Waals surface area contributed by atoms with E-state index in [1.807, 2.05) is 60.6 Å². The summed E-state index contributed by atoms with van der Waals surface area (Å²) in [5.74, 6) is 1.06. The Morgan fingerprint density at radius 1 is 1.00 bits per heavy atom. The maximum absolute atomic E-state index is 6.05. The van der Waals surface area contributed by atoms with E-state index in [9.17, 15) is 0 Å². The van der Waals surface area contributed by atoms with Gasteiger partial charge >= 0.3 is 0 Å². The smallest absolute Gasteiger partial charge is 0.101 e. The highest BCUT2D eigenvalue weighted by Crippen LogP contribution is 2.38. The molecule has 1 saturated heterocycles. The van der Waals surface area contributed by atoms with Crippen molar-refractivity contribution < 1.29 is 0 Å². The van der Waals surface area contributed by atoms with E-state index in [0.29, 0.717) is 0 Å². The van der Waals surface area contributed by atoms with Crippen molar-refractivity contribution in [3.63, 3.8) is 0 Å². The molecular weight excluding hydrogens is 364 g/mol. The summed E-state index contributed by atoms with van der Waals surface area (Å²) in [7, 11) is 0. The van der Waals surface area contributed by atoms with Crippen LogP contribution in [0.5, 0.6) is 0 Å². The monoisotopic (exact) mass is 384 g/mol. The molecule has 0 saturated carbocycles. The van der Waals surface area contributed by atoms with Crippen LogP contribution in [0.4, 0.5) is 0 Å². The Kier molecular flexibility index (Phi) is 5.58. The van der Waals surface area contributed by atoms with Crippen LogP contribution in [0.25, 0.3) is 22.4 Å². The number of H-pyrrole nitrogens is 1. The van der Waals surface area contributed by atoms with Gasteiger partial charge in [-0.15, -0.1) is 11.8 Å². The Bertz CT molecular complexity index is 842. The minimum Gasteiger partial charge on any atom is -0.303 e. The van der Waals surface area contributed by atoms with Gasteiger partial charge in [-0.3, -0.25) is 10.1 Å². The minimum absolute atomic E-state index is 0.731. The Hall–Kier alpha value is -1.82. The molecule has 0 unspecified atom stereocenters. The molecule has 0 bridgehead atoms. The Labute approximate surface area is 163 Å². The standard InChI is InChI=1S/C20H21ClN4S/c21-17-5-3-16(4-6-17)19-18(15-7-9-22-10-8-15)20(24-23-19)26-14-13-25-11-1-2-12-25/h3-10H,1-2,11-14H2,(H,23,24). The molecule has 1 aromatic carbocycles. The number of aromatic amines is 1. The SMILES string of the molecule is Clc1ccc(-c2n[nH]c(SCCN3CCCC3)c2-c2ccncc2)cc1. The van der Waals surface area contributed by atoms with E-state index in [4.69, 9.17) is 11.6 Å². The van der Waals surface area contributed by atoms with Crippen LogP contribution in [0.1, 0.15) is 12.8 Å². The van der Waals surface area contributed by atoms with Crippen molar-refractivity contribution in [3.05, 3.63) is 53.8 Å². The van der Waals surface area contributed by atoms with Crippen LogP contribution in [0.2, 0.25) is 5.02 Å². The van der Waals surface area contributed by atoms with Crippen molar-refractivity contribution in [3.8, 4) is 22.4 Å². The number of nitrogens with one attached hydrogen (secondary N) is 1. The molecule has 1 N–H and O–H groups in total. The third-order valence-electron chi connectivity index (χ3n) is 4.67. The third kappa shape index (κ3) is 3.95. The van der Waals surface area contributed by atoms with Crippen LogP contribution in [0.15, 0.2) is 53.8 Å². The highest BCUT2D eigenvalue weighted by molar-refractivity contribution is 7.99. The maximum Gasteiger partial charge on any atom is 0.101 e. The minimum atomic E-state index is 0.731. The number of halogens is 1. The van der Waals surface area contributed by atoms with Gasteiger partial charge in [0.15, 0.2) is 0 Å². The molecule has 1 fully saturated rings. The fourth-order valence-electron chi connectivity index (χ4n) is 3.32. The summed E-state index contributed by atoms with van der Waals surface area (Å²) in [5.41, 5.74) is 4.28. The lowest BCUT2D eigenvalue weighted by Gasteiger charge is -2.13. The lowest BCUT2D eigenvalue weighted by atomic mass is 10.0. The number of nitrogens with zero attached hydrogens (tertiary/aromatic N) is 3. The maximum atomic E-state index is 6.05. The lowest BCUT2D eigenvalue weighted by Crippen LogP contribution is -2.21. The van der Waals surface area contributed by atoms with Gasteiger partial charge < -0.3 is 4.90 Å². The highest BCUT2D eigenvalue weighted by Gasteiger charge is 2.18. The molecule has 6 heteroatoms. The van der Waals surface area contributed by atoms with Gasteiger partial charge in [0, 0.05) is 40.8 Å². The number of hydrogen-bond donors (Lipinski definition) is 1. The third-order valence-corrected chi connectivity index (χ3v) is 5.90. The highest BCUT2D eigenvalue weighted by atomic mass is 35.5. The van der Waals surface area contributed by atoms with Gasteiger partial charge in [-0.2, -0.15) is 5.10 Å². The summed E-state index contributed by atoms with van der Waals surface area (Å²) < 4.78 is 0. The second-order valence-electron chi connectivity index (χ2n) is 6.42. The van der Waals surface area contributed by atoms with Crippen LogP contribution in [-0.2, 0) is 0 Å². The van der Waals surface area contributed by atoms with Crippen LogP contribution < -0.4 is 0 Å². The molecule has 3 aromatic rings. The summed E-state index contributed by atoms with van der Waals surface area (Å²) in [6.45, 7) is 3.59. The first-order valence-electron chi connectivity index (χ1n) is 8.91. The second kappa shape index (κ2) is 8.25. The molecule has 0 aliphatic carbocycles. The summed E-state index contributed by atoms with van der Waals surface area (Å²) in [6, 6.07) is 11.9.